The summed E-state index contributed by atoms with van der Waals surface area (Å²) >= 11 is 10.7. The largest absolute Gasteiger partial charge is 0.388 e. The first-order valence-electron chi connectivity index (χ1n) is 3.61. The molecule has 0 atom stereocenters. The van der Waals surface area contributed by atoms with Gasteiger partial charge >= 0.3 is 0 Å². The van der Waals surface area contributed by atoms with E-state index >= 15 is 0 Å². The molecule has 2 aromatic heterocycles. The minimum Gasteiger partial charge on any atom is -0.388 e. The van der Waals surface area contributed by atoms with Crippen molar-refractivity contribution in [2.45, 2.75) is 0 Å². The summed E-state index contributed by atoms with van der Waals surface area (Å²) in [6, 6.07) is 3.60. The SMILES string of the molecule is NC(=S)c1cn2cccc(Cl)c2n1. The fourth-order valence-corrected chi connectivity index (χ4v) is 1.41. The summed E-state index contributed by atoms with van der Waals surface area (Å²) in [4.78, 5) is 4.45. The first-order valence-corrected chi connectivity index (χ1v) is 4.40. The maximum Gasteiger partial charge on any atom is 0.156 e. The second-order valence-electron chi connectivity index (χ2n) is 2.58. The molecule has 0 aliphatic carbocycles. The van der Waals surface area contributed by atoms with Gasteiger partial charge in [0.25, 0.3) is 0 Å². The van der Waals surface area contributed by atoms with Gasteiger partial charge in [-0.05, 0) is 12.1 Å². The Labute approximate surface area is 85.1 Å². The van der Waals surface area contributed by atoms with Crippen LogP contribution in [0.5, 0.6) is 0 Å². The highest BCUT2D eigenvalue weighted by molar-refractivity contribution is 7.80. The lowest BCUT2D eigenvalue weighted by atomic mass is 10.5. The van der Waals surface area contributed by atoms with Crippen molar-refractivity contribution in [2.24, 2.45) is 5.73 Å². The van der Waals surface area contributed by atoms with Crippen LogP contribution in [0.15, 0.2) is 24.5 Å². The van der Waals surface area contributed by atoms with E-state index in [9.17, 15) is 0 Å². The molecule has 0 amide bonds. The molecule has 0 saturated heterocycles. The molecule has 0 aliphatic heterocycles. The van der Waals surface area contributed by atoms with Gasteiger partial charge in [-0.25, -0.2) is 4.98 Å². The molecule has 0 aliphatic rings. The molecule has 2 N–H and O–H groups in total. The Morgan fingerprint density at radius 2 is 2.38 bits per heavy atom. The van der Waals surface area contributed by atoms with Crippen LogP contribution in [0.1, 0.15) is 5.69 Å². The number of hydrogen-bond acceptors (Lipinski definition) is 2. The normalized spacial score (nSPS) is 10.5. The van der Waals surface area contributed by atoms with E-state index < -0.39 is 0 Å². The number of rotatable bonds is 1. The van der Waals surface area contributed by atoms with Crippen LogP contribution >= 0.6 is 23.8 Å². The number of nitrogens with zero attached hydrogens (tertiary/aromatic N) is 2. The average Bonchev–Trinajstić information content (AvgIpc) is 2.49. The molecule has 0 fully saturated rings. The summed E-state index contributed by atoms with van der Waals surface area (Å²) in [5, 5.41) is 0.588. The number of aromatic nitrogens is 2. The van der Waals surface area contributed by atoms with Crippen LogP contribution in [0.25, 0.3) is 5.65 Å². The van der Waals surface area contributed by atoms with E-state index in [2.05, 4.69) is 4.98 Å². The monoisotopic (exact) mass is 211 g/mol. The Balaban J connectivity index is 2.75. The van der Waals surface area contributed by atoms with E-state index in [4.69, 9.17) is 29.6 Å². The van der Waals surface area contributed by atoms with E-state index in [1.807, 2.05) is 12.3 Å². The second kappa shape index (κ2) is 2.97. The Morgan fingerprint density at radius 3 is 3.00 bits per heavy atom. The van der Waals surface area contributed by atoms with Crippen LogP contribution in [0.4, 0.5) is 0 Å². The Morgan fingerprint density at radius 1 is 1.62 bits per heavy atom. The van der Waals surface area contributed by atoms with Crippen molar-refractivity contribution in [2.75, 3.05) is 0 Å². The molecule has 2 heterocycles. The highest BCUT2D eigenvalue weighted by Gasteiger charge is 2.05. The van der Waals surface area contributed by atoms with Crippen LogP contribution in [0.2, 0.25) is 5.02 Å². The highest BCUT2D eigenvalue weighted by Crippen LogP contribution is 2.15. The predicted molar refractivity (Wildman–Crippen MR) is 56.1 cm³/mol. The van der Waals surface area contributed by atoms with Gasteiger partial charge in [0.1, 0.15) is 10.7 Å². The zero-order valence-corrected chi connectivity index (χ0v) is 8.14. The minimum absolute atomic E-state index is 0.278. The van der Waals surface area contributed by atoms with Crippen LogP contribution in [0.3, 0.4) is 0 Å². The molecule has 0 aromatic carbocycles. The maximum atomic E-state index is 5.91. The lowest BCUT2D eigenvalue weighted by Crippen LogP contribution is -2.09. The quantitative estimate of drug-likeness (QED) is 0.730. The fraction of sp³-hybridized carbons (Fsp3) is 0. The number of fused-ring (bicyclic) bond motifs is 1. The molecule has 2 rings (SSSR count). The number of nitrogens with two attached hydrogens (primary N) is 1. The number of imidazole rings is 1. The van der Waals surface area contributed by atoms with E-state index in [0.717, 1.165) is 0 Å². The minimum atomic E-state index is 0.278. The van der Waals surface area contributed by atoms with Gasteiger partial charge in [0, 0.05) is 12.4 Å². The van der Waals surface area contributed by atoms with Gasteiger partial charge in [0.15, 0.2) is 5.65 Å². The van der Waals surface area contributed by atoms with E-state index in [0.29, 0.717) is 16.4 Å². The molecular formula is C8H6ClN3S. The lowest BCUT2D eigenvalue weighted by molar-refractivity contribution is 1.19. The van der Waals surface area contributed by atoms with Crippen molar-refractivity contribution in [1.82, 2.24) is 9.38 Å². The topological polar surface area (TPSA) is 43.3 Å². The van der Waals surface area contributed by atoms with Crippen LogP contribution in [-0.2, 0) is 0 Å². The second-order valence-corrected chi connectivity index (χ2v) is 3.42. The zero-order chi connectivity index (χ0) is 9.42. The molecule has 2 aromatic rings. The Bertz CT molecular complexity index is 477. The predicted octanol–water partition coefficient (Wildman–Crippen LogP) is 1.62. The summed E-state index contributed by atoms with van der Waals surface area (Å²) in [6.45, 7) is 0. The molecule has 0 radical (unpaired) electrons. The van der Waals surface area contributed by atoms with E-state index in [1.165, 1.54) is 0 Å². The average molecular weight is 212 g/mol. The van der Waals surface area contributed by atoms with Crippen molar-refractivity contribution >= 4 is 34.5 Å². The Hall–Kier alpha value is -1.13. The van der Waals surface area contributed by atoms with Crippen LogP contribution < -0.4 is 5.73 Å². The molecule has 66 valence electrons. The fourth-order valence-electron chi connectivity index (χ4n) is 1.10. The summed E-state index contributed by atoms with van der Waals surface area (Å²) in [5.74, 6) is 0. The Kier molecular flexibility index (Phi) is 1.94. The third-order valence-corrected chi connectivity index (χ3v) is 2.19. The zero-order valence-electron chi connectivity index (χ0n) is 6.57. The standard InChI is InChI=1S/C8H6ClN3S/c9-5-2-1-3-12-4-6(7(10)13)11-8(5)12/h1-4H,(H2,10,13). The smallest absolute Gasteiger partial charge is 0.156 e. The first kappa shape index (κ1) is 8.47. The third kappa shape index (κ3) is 1.38. The summed E-state index contributed by atoms with van der Waals surface area (Å²) in [5.41, 5.74) is 6.70. The first-order chi connectivity index (χ1) is 6.18. The van der Waals surface area contributed by atoms with Gasteiger partial charge in [-0.15, -0.1) is 0 Å². The highest BCUT2D eigenvalue weighted by atomic mass is 35.5. The molecule has 13 heavy (non-hydrogen) atoms. The van der Waals surface area contributed by atoms with Gasteiger partial charge in [0.2, 0.25) is 0 Å². The van der Waals surface area contributed by atoms with Gasteiger partial charge in [0.05, 0.1) is 5.02 Å². The number of pyridine rings is 1. The van der Waals surface area contributed by atoms with Crippen LogP contribution in [-0.4, -0.2) is 14.4 Å². The summed E-state index contributed by atoms with van der Waals surface area (Å²) in [6.07, 6.45) is 3.60. The van der Waals surface area contributed by atoms with Gasteiger partial charge in [-0.3, -0.25) is 0 Å². The maximum absolute atomic E-state index is 5.91. The molecule has 0 unspecified atom stereocenters. The van der Waals surface area contributed by atoms with Crippen molar-refractivity contribution in [3.05, 3.63) is 35.2 Å². The van der Waals surface area contributed by atoms with Crippen LogP contribution in [0, 0.1) is 0 Å². The number of halogens is 1. The van der Waals surface area contributed by atoms with Crippen molar-refractivity contribution in [1.29, 1.82) is 0 Å². The van der Waals surface area contributed by atoms with Gasteiger partial charge in [-0.1, -0.05) is 23.8 Å². The van der Waals surface area contributed by atoms with Gasteiger partial charge < -0.3 is 10.1 Å². The number of thiocarbonyl (C=S) groups is 1. The summed E-state index contributed by atoms with van der Waals surface area (Å²) < 4.78 is 1.79. The molecule has 5 heteroatoms. The third-order valence-electron chi connectivity index (χ3n) is 1.69. The lowest BCUT2D eigenvalue weighted by Gasteiger charge is -1.91. The van der Waals surface area contributed by atoms with Crippen molar-refractivity contribution in [3.63, 3.8) is 0 Å². The van der Waals surface area contributed by atoms with E-state index in [1.54, 1.807) is 16.7 Å². The number of hydrogen-bond donors (Lipinski definition) is 1. The van der Waals surface area contributed by atoms with Crippen molar-refractivity contribution in [3.8, 4) is 0 Å². The molecular weight excluding hydrogens is 206 g/mol. The summed E-state index contributed by atoms with van der Waals surface area (Å²) in [7, 11) is 0. The molecule has 0 spiro atoms. The molecule has 3 nitrogen and oxygen atoms in total. The molecule has 0 bridgehead atoms. The van der Waals surface area contributed by atoms with Crippen molar-refractivity contribution < 1.29 is 0 Å². The van der Waals surface area contributed by atoms with E-state index in [-0.39, 0.29) is 4.99 Å². The molecule has 0 saturated carbocycles. The van der Waals surface area contributed by atoms with Gasteiger partial charge in [-0.2, -0.15) is 0 Å².